The van der Waals surface area contributed by atoms with Crippen LogP contribution in [0.5, 0.6) is 0 Å². The number of fused-ring (bicyclic) bond motifs is 4. The summed E-state index contributed by atoms with van der Waals surface area (Å²) in [6, 6.07) is 6.87. The third-order valence-corrected chi connectivity index (χ3v) is 6.23. The Labute approximate surface area is 172 Å². The van der Waals surface area contributed by atoms with E-state index in [4.69, 9.17) is 4.98 Å². The van der Waals surface area contributed by atoms with Crippen LogP contribution in [0.1, 0.15) is 32.8 Å². The summed E-state index contributed by atoms with van der Waals surface area (Å²) in [6.45, 7) is 12.2. The van der Waals surface area contributed by atoms with Crippen molar-refractivity contribution in [1.29, 1.82) is 0 Å². The van der Waals surface area contributed by atoms with E-state index in [1.165, 1.54) is 38.1 Å². The Kier molecular flexibility index (Phi) is 5.41. The minimum atomic E-state index is 0.360. The molecule has 0 aliphatic rings. The van der Waals surface area contributed by atoms with Gasteiger partial charge >= 0.3 is 0 Å². The van der Waals surface area contributed by atoms with Gasteiger partial charge in [-0.2, -0.15) is 0 Å². The number of anilines is 1. The summed E-state index contributed by atoms with van der Waals surface area (Å²) in [5.41, 5.74) is 3.77. The highest BCUT2D eigenvalue weighted by Crippen LogP contribution is 2.36. The zero-order valence-electron chi connectivity index (χ0n) is 18.2. The first-order chi connectivity index (χ1) is 14.0. The van der Waals surface area contributed by atoms with E-state index in [0.717, 1.165) is 31.9 Å². The molecule has 0 saturated heterocycles. The van der Waals surface area contributed by atoms with Crippen molar-refractivity contribution in [3.8, 4) is 0 Å². The van der Waals surface area contributed by atoms with Crippen LogP contribution in [0, 0.1) is 6.92 Å². The second-order valence-corrected chi connectivity index (χ2v) is 7.97. The lowest BCUT2D eigenvalue weighted by molar-refractivity contribution is 0.295. The number of hydrogen-bond donors (Lipinski definition) is 1. The third kappa shape index (κ3) is 3.44. The van der Waals surface area contributed by atoms with Gasteiger partial charge in [0.05, 0.1) is 11.0 Å². The summed E-state index contributed by atoms with van der Waals surface area (Å²) in [5, 5.41) is 8.55. The topological polar surface area (TPSA) is 46.0 Å². The maximum absolute atomic E-state index is 4.70. The van der Waals surface area contributed by atoms with E-state index in [2.05, 4.69) is 72.7 Å². The first-order valence-electron chi connectivity index (χ1n) is 10.6. The highest BCUT2D eigenvalue weighted by molar-refractivity contribution is 6.15. The van der Waals surface area contributed by atoms with Crippen molar-refractivity contribution in [2.75, 3.05) is 25.0 Å². The lowest BCUT2D eigenvalue weighted by Crippen LogP contribution is -2.28. The molecular weight excluding hydrogens is 358 g/mol. The smallest absolute Gasteiger partial charge is 0.134 e. The molecule has 0 amide bonds. The van der Waals surface area contributed by atoms with Gasteiger partial charge < -0.3 is 14.8 Å². The van der Waals surface area contributed by atoms with E-state index in [-0.39, 0.29) is 0 Å². The van der Waals surface area contributed by atoms with Gasteiger partial charge in [-0.1, -0.05) is 13.8 Å². The fourth-order valence-electron chi connectivity index (χ4n) is 4.47. The standard InChI is InChI=1S/C24H31N5/c1-6-29(7-2)13-10-16(3)27-24-20-14-19-21-15-25-11-9-22(21)28(5)23(19)17(4)18(20)8-12-26-24/h8-9,11-12,14-16H,6-7,10,13H2,1-5H3,(H,26,27). The number of pyridine rings is 2. The van der Waals surface area contributed by atoms with Gasteiger partial charge in [-0.3, -0.25) is 4.98 Å². The Morgan fingerprint density at radius 3 is 2.62 bits per heavy atom. The number of nitrogens with zero attached hydrogens (tertiary/aromatic N) is 4. The van der Waals surface area contributed by atoms with Gasteiger partial charge in [0.15, 0.2) is 0 Å². The van der Waals surface area contributed by atoms with Crippen molar-refractivity contribution >= 4 is 38.4 Å². The maximum Gasteiger partial charge on any atom is 0.134 e. The van der Waals surface area contributed by atoms with E-state index >= 15 is 0 Å². The molecule has 0 radical (unpaired) electrons. The van der Waals surface area contributed by atoms with Crippen LogP contribution in [0.15, 0.2) is 36.8 Å². The fourth-order valence-corrected chi connectivity index (χ4v) is 4.47. The molecule has 0 aliphatic heterocycles. The highest BCUT2D eigenvalue weighted by Gasteiger charge is 2.16. The molecule has 0 bridgehead atoms. The molecule has 0 fully saturated rings. The number of aryl methyl sites for hydroxylation is 2. The number of nitrogens with one attached hydrogen (secondary N) is 1. The molecule has 1 N–H and O–H groups in total. The minimum absolute atomic E-state index is 0.360. The Morgan fingerprint density at radius 2 is 1.86 bits per heavy atom. The molecule has 1 unspecified atom stereocenters. The molecule has 0 aliphatic carbocycles. The van der Waals surface area contributed by atoms with Gasteiger partial charge in [0.2, 0.25) is 0 Å². The lowest BCUT2D eigenvalue weighted by Gasteiger charge is -2.22. The van der Waals surface area contributed by atoms with E-state index in [9.17, 15) is 0 Å². The fraction of sp³-hybridized carbons (Fsp3) is 0.417. The number of benzene rings is 1. The maximum atomic E-state index is 4.70. The quantitative estimate of drug-likeness (QED) is 0.477. The first kappa shape index (κ1) is 19.6. The van der Waals surface area contributed by atoms with Crippen molar-refractivity contribution < 1.29 is 0 Å². The number of aromatic nitrogens is 3. The summed E-state index contributed by atoms with van der Waals surface area (Å²) in [5.74, 6) is 0.973. The third-order valence-electron chi connectivity index (χ3n) is 6.23. The molecule has 1 aromatic carbocycles. The lowest BCUT2D eigenvalue weighted by atomic mass is 10.0. The zero-order valence-corrected chi connectivity index (χ0v) is 18.2. The van der Waals surface area contributed by atoms with Crippen LogP contribution < -0.4 is 5.32 Å². The normalized spacial score (nSPS) is 13.0. The van der Waals surface area contributed by atoms with E-state index in [1.807, 2.05) is 18.6 Å². The summed E-state index contributed by atoms with van der Waals surface area (Å²) < 4.78 is 2.28. The average molecular weight is 390 g/mol. The van der Waals surface area contributed by atoms with E-state index < -0.39 is 0 Å². The predicted molar refractivity (Wildman–Crippen MR) is 124 cm³/mol. The molecule has 3 heterocycles. The SMILES string of the molecule is CCN(CC)CCC(C)Nc1nccc2c(C)c3c(cc12)c1cnccc1n3C. The van der Waals surface area contributed by atoms with Crippen LogP contribution in [0.2, 0.25) is 0 Å². The average Bonchev–Trinajstić information content (AvgIpc) is 3.02. The highest BCUT2D eigenvalue weighted by atomic mass is 15.1. The van der Waals surface area contributed by atoms with Crippen LogP contribution in [-0.4, -0.2) is 45.1 Å². The Bertz CT molecular complexity index is 1160. The first-order valence-corrected chi connectivity index (χ1v) is 10.6. The second kappa shape index (κ2) is 7.99. The summed E-state index contributed by atoms with van der Waals surface area (Å²) >= 11 is 0. The van der Waals surface area contributed by atoms with Gasteiger partial charge in [-0.25, -0.2) is 4.98 Å². The predicted octanol–water partition coefficient (Wildman–Crippen LogP) is 5.12. The summed E-state index contributed by atoms with van der Waals surface area (Å²) in [7, 11) is 2.14. The van der Waals surface area contributed by atoms with Crippen LogP contribution in [0.3, 0.4) is 0 Å². The number of hydrogen-bond acceptors (Lipinski definition) is 4. The van der Waals surface area contributed by atoms with Crippen molar-refractivity contribution in [2.24, 2.45) is 7.05 Å². The van der Waals surface area contributed by atoms with E-state index in [0.29, 0.717) is 6.04 Å². The zero-order chi connectivity index (χ0) is 20.5. The molecule has 3 aromatic heterocycles. The van der Waals surface area contributed by atoms with Crippen molar-refractivity contribution in [3.63, 3.8) is 0 Å². The van der Waals surface area contributed by atoms with Crippen molar-refractivity contribution in [3.05, 3.63) is 42.4 Å². The molecule has 4 rings (SSSR count). The van der Waals surface area contributed by atoms with Crippen molar-refractivity contribution in [2.45, 2.75) is 40.2 Å². The molecule has 5 heteroatoms. The van der Waals surface area contributed by atoms with Crippen LogP contribution in [-0.2, 0) is 7.05 Å². The molecule has 29 heavy (non-hydrogen) atoms. The molecule has 0 saturated carbocycles. The van der Waals surface area contributed by atoms with Gasteiger partial charge in [0.1, 0.15) is 5.82 Å². The van der Waals surface area contributed by atoms with Gasteiger partial charge in [-0.05, 0) is 62.5 Å². The molecule has 5 nitrogen and oxygen atoms in total. The minimum Gasteiger partial charge on any atom is -0.367 e. The molecule has 1 atom stereocenters. The van der Waals surface area contributed by atoms with Crippen LogP contribution >= 0.6 is 0 Å². The summed E-state index contributed by atoms with van der Waals surface area (Å²) in [6.07, 6.45) is 6.85. The molecular formula is C24H31N5. The van der Waals surface area contributed by atoms with E-state index in [1.54, 1.807) is 0 Å². The van der Waals surface area contributed by atoms with Gasteiger partial charge in [0.25, 0.3) is 0 Å². The van der Waals surface area contributed by atoms with Gasteiger partial charge in [0, 0.05) is 54.4 Å². The number of rotatable bonds is 7. The molecule has 0 spiro atoms. The van der Waals surface area contributed by atoms with Crippen molar-refractivity contribution in [1.82, 2.24) is 19.4 Å². The molecule has 152 valence electrons. The Morgan fingerprint density at radius 1 is 1.07 bits per heavy atom. The van der Waals surface area contributed by atoms with Crippen LogP contribution in [0.4, 0.5) is 5.82 Å². The monoisotopic (exact) mass is 389 g/mol. The van der Waals surface area contributed by atoms with Gasteiger partial charge in [-0.15, -0.1) is 0 Å². The second-order valence-electron chi connectivity index (χ2n) is 7.97. The van der Waals surface area contributed by atoms with Crippen LogP contribution in [0.25, 0.3) is 32.6 Å². The Balaban J connectivity index is 1.77. The largest absolute Gasteiger partial charge is 0.367 e. The summed E-state index contributed by atoms with van der Waals surface area (Å²) in [4.78, 5) is 11.5. The molecule has 4 aromatic rings. The Hall–Kier alpha value is -2.66.